The van der Waals surface area contributed by atoms with Crippen molar-refractivity contribution in [3.8, 4) is 0 Å². The number of unbranched alkanes of at least 4 members (excludes halogenated alkanes) is 1. The summed E-state index contributed by atoms with van der Waals surface area (Å²) in [6, 6.07) is 0. The third kappa shape index (κ3) is 7.54. The van der Waals surface area contributed by atoms with Crippen LogP contribution >= 0.6 is 0 Å². The summed E-state index contributed by atoms with van der Waals surface area (Å²) in [4.78, 5) is 11.1. The molecule has 0 heterocycles. The molecule has 0 aliphatic heterocycles. The third-order valence-electron chi connectivity index (χ3n) is 1.63. The van der Waals surface area contributed by atoms with Gasteiger partial charge in [0.25, 0.3) is 0 Å². The van der Waals surface area contributed by atoms with Gasteiger partial charge in [0.15, 0.2) is 0 Å². The number of hydrogen-bond acceptors (Lipinski definition) is 2. The SMILES string of the molecule is [3H]OC(C)CCNC(=O)CCCC. The maximum atomic E-state index is 11.1. The molecule has 0 saturated heterocycles. The minimum Gasteiger partial charge on any atom is -0.393 e. The number of rotatable bonds is 7. The Kier molecular flexibility index (Phi) is 5.63. The topological polar surface area (TPSA) is 49.3 Å². The van der Waals surface area contributed by atoms with E-state index in [9.17, 15) is 4.79 Å². The second kappa shape index (κ2) is 7.10. The number of carbonyl (C=O) groups is 1. The first kappa shape index (κ1) is 9.52. The van der Waals surface area contributed by atoms with Crippen LogP contribution in [0.3, 0.4) is 0 Å². The summed E-state index contributed by atoms with van der Waals surface area (Å²) in [5, 5.41) is 7.09. The highest BCUT2D eigenvalue weighted by atomic mass is 16.3. The highest BCUT2D eigenvalue weighted by Crippen LogP contribution is 1.93. The predicted molar refractivity (Wildman–Crippen MR) is 48.8 cm³/mol. The third-order valence-corrected chi connectivity index (χ3v) is 1.63. The van der Waals surface area contributed by atoms with Gasteiger partial charge in [0.2, 0.25) is 7.34 Å². The molecule has 2 N–H and O–H groups in total. The number of amides is 1. The quantitative estimate of drug-likeness (QED) is 0.608. The molecule has 72 valence electrons. The van der Waals surface area contributed by atoms with Crippen molar-refractivity contribution >= 4 is 5.91 Å². The first-order chi connectivity index (χ1) is 6.20. The lowest BCUT2D eigenvalue weighted by Gasteiger charge is -2.05. The van der Waals surface area contributed by atoms with Crippen LogP contribution in [0.4, 0.5) is 0 Å². The number of nitrogens with one attached hydrogen (secondary N) is 1. The molecule has 3 heteroatoms. The molecule has 0 aliphatic rings. The van der Waals surface area contributed by atoms with E-state index in [1.807, 2.05) is 6.92 Å². The second-order valence-electron chi connectivity index (χ2n) is 3.05. The molecule has 1 atom stereocenters. The zero-order chi connectivity index (χ0) is 10.1. The second-order valence-corrected chi connectivity index (χ2v) is 3.05. The smallest absolute Gasteiger partial charge is 0.219 e. The Labute approximate surface area is 75.7 Å². The first-order valence-corrected chi connectivity index (χ1v) is 4.59. The standard InChI is InChI=1S/C9H19NO2/c1-3-4-5-9(12)10-7-6-8(2)11/h8,11H,3-7H2,1-2H3,(H,10,12)/i11T. The van der Waals surface area contributed by atoms with E-state index >= 15 is 0 Å². The van der Waals surface area contributed by atoms with E-state index < -0.39 is 0 Å². The highest BCUT2D eigenvalue weighted by Gasteiger charge is 2.00. The first-order valence-electron chi connectivity index (χ1n) is 5.00. The molecule has 0 bridgehead atoms. The summed E-state index contributed by atoms with van der Waals surface area (Å²) >= 11 is 0. The van der Waals surface area contributed by atoms with Crippen molar-refractivity contribution in [1.29, 1.82) is 1.43 Å². The Hall–Kier alpha value is -0.570. The molecule has 12 heavy (non-hydrogen) atoms. The van der Waals surface area contributed by atoms with Gasteiger partial charge in [-0.2, -0.15) is 0 Å². The van der Waals surface area contributed by atoms with E-state index in [0.717, 1.165) is 12.8 Å². The number of aliphatic hydroxyl groups is 1. The fourth-order valence-corrected chi connectivity index (χ4v) is 0.841. The summed E-state index contributed by atoms with van der Waals surface area (Å²) in [5.74, 6) is 0.0963. The molecule has 3 nitrogen and oxygen atoms in total. The molecule has 0 radical (unpaired) electrons. The van der Waals surface area contributed by atoms with Crippen molar-refractivity contribution in [2.75, 3.05) is 6.54 Å². The van der Waals surface area contributed by atoms with E-state index in [-0.39, 0.29) is 12.0 Å². The molecular formula is C9H19NO2. The monoisotopic (exact) mass is 175 g/mol. The van der Waals surface area contributed by atoms with Gasteiger partial charge in [-0.25, -0.2) is 0 Å². The van der Waals surface area contributed by atoms with Gasteiger partial charge in [-0.15, -0.1) is 0 Å². The molecule has 0 aliphatic carbocycles. The van der Waals surface area contributed by atoms with Gasteiger partial charge in [0.1, 0.15) is 0 Å². The number of hydrogen-bond donors (Lipinski definition) is 2. The molecule has 0 saturated carbocycles. The van der Waals surface area contributed by atoms with Gasteiger partial charge >= 0.3 is 0 Å². The van der Waals surface area contributed by atoms with Crippen molar-refractivity contribution in [3.05, 3.63) is 0 Å². The Balaban J connectivity index is 3.26. The van der Waals surface area contributed by atoms with Crippen molar-refractivity contribution < 1.29 is 9.90 Å². The highest BCUT2D eigenvalue weighted by molar-refractivity contribution is 5.75. The minimum atomic E-state index is -0.105. The van der Waals surface area contributed by atoms with Gasteiger partial charge in [-0.05, 0) is 19.8 Å². The summed E-state index contributed by atoms with van der Waals surface area (Å²) in [5.41, 5.74) is 0. The van der Waals surface area contributed by atoms with E-state index in [1.54, 1.807) is 0 Å². The van der Waals surface area contributed by atoms with Crippen LogP contribution in [0.25, 0.3) is 0 Å². The van der Waals surface area contributed by atoms with Crippen LogP contribution in [-0.2, 0) is 4.79 Å². The maximum absolute atomic E-state index is 11.1. The fraction of sp³-hybridized carbons (Fsp3) is 0.889. The van der Waals surface area contributed by atoms with Crippen LogP contribution in [0.5, 0.6) is 0 Å². The van der Waals surface area contributed by atoms with Gasteiger partial charge in [0.05, 0.1) is 6.10 Å². The van der Waals surface area contributed by atoms with Gasteiger partial charge in [-0.1, -0.05) is 13.3 Å². The minimum absolute atomic E-state index is 0.0963. The van der Waals surface area contributed by atoms with E-state index in [0.29, 0.717) is 19.4 Å². The molecular weight excluding hydrogens is 154 g/mol. The number of carbonyl (C=O) groups excluding carboxylic acids is 1. The van der Waals surface area contributed by atoms with Gasteiger partial charge in [0, 0.05) is 13.0 Å². The van der Waals surface area contributed by atoms with Crippen molar-refractivity contribution in [2.24, 2.45) is 0 Å². The van der Waals surface area contributed by atoms with Crippen molar-refractivity contribution in [2.45, 2.75) is 45.6 Å². The lowest BCUT2D eigenvalue weighted by molar-refractivity contribution is -0.121. The largest absolute Gasteiger partial charge is 0.393 e. The lowest BCUT2D eigenvalue weighted by Crippen LogP contribution is -2.26. The molecule has 0 aromatic carbocycles. The predicted octanol–water partition coefficient (Wildman–Crippen LogP) is 1.06. The van der Waals surface area contributed by atoms with Crippen molar-refractivity contribution in [1.82, 2.24) is 5.32 Å². The fourth-order valence-electron chi connectivity index (χ4n) is 0.841. The molecule has 1 unspecified atom stereocenters. The zero-order valence-corrected chi connectivity index (χ0v) is 7.93. The lowest BCUT2D eigenvalue weighted by atomic mass is 10.2. The molecule has 0 spiro atoms. The zero-order valence-electron chi connectivity index (χ0n) is 8.93. The Bertz CT molecular complexity index is 142. The Morgan fingerprint density at radius 2 is 2.50 bits per heavy atom. The summed E-state index contributed by atoms with van der Waals surface area (Å²) in [7, 11) is 0. The average molecular weight is 175 g/mol. The van der Waals surface area contributed by atoms with Gasteiger partial charge in [-0.3, -0.25) is 4.79 Å². The van der Waals surface area contributed by atoms with E-state index in [2.05, 4.69) is 17.3 Å². The molecule has 0 aromatic heterocycles. The summed E-state index contributed by atoms with van der Waals surface area (Å²) in [6.45, 7) is 4.47. The molecule has 1 amide bonds. The Morgan fingerprint density at radius 1 is 1.75 bits per heavy atom. The molecule has 0 rings (SSSR count). The van der Waals surface area contributed by atoms with Crippen molar-refractivity contribution in [3.63, 3.8) is 0 Å². The maximum Gasteiger partial charge on any atom is 0.219 e. The van der Waals surface area contributed by atoms with Crippen LogP contribution in [0.2, 0.25) is 0 Å². The Morgan fingerprint density at radius 3 is 3.08 bits per heavy atom. The summed E-state index contributed by atoms with van der Waals surface area (Å²) < 4.78 is 6.59. The summed E-state index contributed by atoms with van der Waals surface area (Å²) in [6.07, 6.45) is 3.18. The van der Waals surface area contributed by atoms with E-state index in [4.69, 9.17) is 1.43 Å². The van der Waals surface area contributed by atoms with E-state index in [1.165, 1.54) is 0 Å². The van der Waals surface area contributed by atoms with Crippen LogP contribution in [-0.4, -0.2) is 25.1 Å². The number of aliphatic hydroxyl groups excluding tert-OH is 1. The molecule has 0 fully saturated rings. The molecule has 0 aromatic rings. The van der Waals surface area contributed by atoms with Crippen LogP contribution in [0, 0.1) is 0 Å². The van der Waals surface area contributed by atoms with Crippen LogP contribution in [0.1, 0.15) is 39.5 Å². The van der Waals surface area contributed by atoms with Gasteiger partial charge < -0.3 is 10.4 Å². The van der Waals surface area contributed by atoms with Crippen LogP contribution in [0.15, 0.2) is 0 Å². The average Bonchev–Trinajstić information content (AvgIpc) is 2.14. The van der Waals surface area contributed by atoms with Crippen LogP contribution < -0.4 is 5.32 Å². The normalized spacial score (nSPS) is 13.7.